The maximum atomic E-state index is 11.7. The molecule has 0 spiro atoms. The second kappa shape index (κ2) is 8.97. The van der Waals surface area contributed by atoms with E-state index < -0.39 is 18.0 Å². The predicted molar refractivity (Wildman–Crippen MR) is 82.1 cm³/mol. The van der Waals surface area contributed by atoms with Gasteiger partial charge in [0.1, 0.15) is 6.10 Å². The van der Waals surface area contributed by atoms with E-state index in [2.05, 4.69) is 0 Å². The highest BCUT2D eigenvalue weighted by atomic mass is 35.5. The lowest BCUT2D eigenvalue weighted by Crippen LogP contribution is -2.18. The summed E-state index contributed by atoms with van der Waals surface area (Å²) in [5.41, 5.74) is 1.08. The van der Waals surface area contributed by atoms with Gasteiger partial charge in [-0.25, -0.2) is 9.59 Å². The molecule has 0 aliphatic rings. The molecular weight excluding hydrogens is 292 g/mol. The van der Waals surface area contributed by atoms with Crippen LogP contribution in [0, 0.1) is 0 Å². The van der Waals surface area contributed by atoms with Crippen molar-refractivity contribution in [1.29, 1.82) is 0 Å². The highest BCUT2D eigenvalue weighted by molar-refractivity contribution is 6.18. The fourth-order valence-corrected chi connectivity index (χ4v) is 1.66. The number of alkyl halides is 1. The topological polar surface area (TPSA) is 63.6 Å². The van der Waals surface area contributed by atoms with Crippen LogP contribution in [0.15, 0.2) is 48.1 Å². The van der Waals surface area contributed by atoms with Gasteiger partial charge in [0.15, 0.2) is 0 Å². The van der Waals surface area contributed by atoms with Crippen LogP contribution in [0.1, 0.15) is 18.9 Å². The standard InChI is InChI=1S/C16H17ClO4/c1-12(16(19)20)7-9-14(11-17)21-15(18)10-8-13-5-3-2-4-6-13/h2-8,10,14H,9,11H2,1H3,(H,19,20)/b10-8+,12-7+. The van der Waals surface area contributed by atoms with Gasteiger partial charge in [0.05, 0.1) is 5.88 Å². The minimum Gasteiger partial charge on any atom is -0.478 e. The molecule has 0 fully saturated rings. The Balaban J connectivity index is 2.53. The molecule has 4 nitrogen and oxygen atoms in total. The largest absolute Gasteiger partial charge is 0.478 e. The number of halogens is 1. The van der Waals surface area contributed by atoms with Crippen LogP contribution < -0.4 is 0 Å². The van der Waals surface area contributed by atoms with E-state index in [1.54, 1.807) is 6.08 Å². The number of carbonyl (C=O) groups excluding carboxylic acids is 1. The van der Waals surface area contributed by atoms with Crippen molar-refractivity contribution in [2.24, 2.45) is 0 Å². The van der Waals surface area contributed by atoms with Crippen LogP contribution in [0.3, 0.4) is 0 Å². The van der Waals surface area contributed by atoms with Crippen molar-refractivity contribution in [2.45, 2.75) is 19.4 Å². The lowest BCUT2D eigenvalue weighted by Gasteiger charge is -2.12. The number of aliphatic carboxylic acids is 1. The van der Waals surface area contributed by atoms with Gasteiger partial charge in [-0.1, -0.05) is 36.4 Å². The lowest BCUT2D eigenvalue weighted by molar-refractivity contribution is -0.141. The van der Waals surface area contributed by atoms with Crippen LogP contribution in [0.4, 0.5) is 0 Å². The number of rotatable bonds is 7. The number of carbonyl (C=O) groups is 2. The number of esters is 1. The summed E-state index contributed by atoms with van der Waals surface area (Å²) in [6.07, 6.45) is 4.18. The predicted octanol–water partition coefficient (Wildman–Crippen LogP) is 3.27. The minimum atomic E-state index is -1.00. The molecule has 21 heavy (non-hydrogen) atoms. The van der Waals surface area contributed by atoms with Crippen molar-refractivity contribution >= 4 is 29.6 Å². The van der Waals surface area contributed by atoms with Gasteiger partial charge < -0.3 is 9.84 Å². The van der Waals surface area contributed by atoms with Crippen molar-refractivity contribution in [3.63, 3.8) is 0 Å². The van der Waals surface area contributed by atoms with Crippen molar-refractivity contribution < 1.29 is 19.4 Å². The molecule has 0 aliphatic carbocycles. The molecule has 0 bridgehead atoms. The van der Waals surface area contributed by atoms with Crippen LogP contribution in [0.2, 0.25) is 0 Å². The van der Waals surface area contributed by atoms with Gasteiger partial charge in [-0.3, -0.25) is 0 Å². The summed E-state index contributed by atoms with van der Waals surface area (Å²) >= 11 is 5.71. The molecule has 0 amide bonds. The fourth-order valence-electron chi connectivity index (χ4n) is 1.47. The molecule has 0 aliphatic heterocycles. The monoisotopic (exact) mass is 308 g/mol. The van der Waals surface area contributed by atoms with Gasteiger partial charge in [0.25, 0.3) is 0 Å². The molecule has 0 radical (unpaired) electrons. The highest BCUT2D eigenvalue weighted by Crippen LogP contribution is 2.08. The van der Waals surface area contributed by atoms with Crippen molar-refractivity contribution in [1.82, 2.24) is 0 Å². The zero-order valence-corrected chi connectivity index (χ0v) is 12.4. The number of carboxylic acids is 1. The zero-order valence-electron chi connectivity index (χ0n) is 11.7. The Kier molecular flexibility index (Phi) is 7.26. The summed E-state index contributed by atoms with van der Waals surface area (Å²) in [7, 11) is 0. The van der Waals surface area contributed by atoms with Gasteiger partial charge in [-0.15, -0.1) is 11.6 Å². The molecule has 0 heterocycles. The number of carboxylic acid groups (broad SMARTS) is 1. The second-order valence-corrected chi connectivity index (χ2v) is 4.69. The van der Waals surface area contributed by atoms with E-state index in [0.717, 1.165) is 5.56 Å². The van der Waals surface area contributed by atoms with E-state index in [1.807, 2.05) is 30.3 Å². The number of hydrogen-bond acceptors (Lipinski definition) is 3. The third-order valence-corrected chi connectivity index (χ3v) is 3.03. The first-order valence-corrected chi connectivity index (χ1v) is 6.96. The van der Waals surface area contributed by atoms with Crippen LogP contribution in [0.25, 0.3) is 6.08 Å². The molecule has 1 N–H and O–H groups in total. The summed E-state index contributed by atoms with van der Waals surface area (Å²) in [5.74, 6) is -1.40. The smallest absolute Gasteiger partial charge is 0.331 e. The number of hydrogen-bond donors (Lipinski definition) is 1. The van der Waals surface area contributed by atoms with Gasteiger partial charge in [-0.2, -0.15) is 0 Å². The highest BCUT2D eigenvalue weighted by Gasteiger charge is 2.11. The molecule has 1 aromatic carbocycles. The minimum absolute atomic E-state index is 0.105. The summed E-state index contributed by atoms with van der Waals surface area (Å²) in [6, 6.07) is 9.35. The molecule has 112 valence electrons. The molecule has 0 aromatic heterocycles. The average Bonchev–Trinajstić information content (AvgIpc) is 2.49. The Morgan fingerprint density at radius 2 is 2.00 bits per heavy atom. The Labute approximate surface area is 128 Å². The zero-order chi connectivity index (χ0) is 15.7. The SMILES string of the molecule is C/C(=C\CC(CCl)OC(=O)/C=C/c1ccccc1)C(=O)O. The molecule has 1 aromatic rings. The molecule has 5 heteroatoms. The number of ether oxygens (including phenoxy) is 1. The van der Waals surface area contributed by atoms with E-state index in [4.69, 9.17) is 21.4 Å². The van der Waals surface area contributed by atoms with Gasteiger partial charge in [-0.05, 0) is 18.6 Å². The Bertz CT molecular complexity index is 534. The van der Waals surface area contributed by atoms with E-state index in [1.165, 1.54) is 19.1 Å². The summed E-state index contributed by atoms with van der Waals surface area (Å²) in [6.45, 7) is 1.48. The third-order valence-electron chi connectivity index (χ3n) is 2.69. The first kappa shape index (κ1) is 17.0. The van der Waals surface area contributed by atoms with Crippen LogP contribution in [-0.4, -0.2) is 29.0 Å². The summed E-state index contributed by atoms with van der Waals surface area (Å²) < 4.78 is 5.16. The van der Waals surface area contributed by atoms with E-state index in [0.29, 0.717) is 0 Å². The van der Waals surface area contributed by atoms with Crippen LogP contribution in [-0.2, 0) is 14.3 Å². The van der Waals surface area contributed by atoms with Crippen LogP contribution in [0.5, 0.6) is 0 Å². The van der Waals surface area contributed by atoms with E-state index >= 15 is 0 Å². The summed E-state index contributed by atoms with van der Waals surface area (Å²) in [5, 5.41) is 8.74. The molecule has 1 unspecified atom stereocenters. The van der Waals surface area contributed by atoms with Crippen molar-refractivity contribution in [3.8, 4) is 0 Å². The van der Waals surface area contributed by atoms with Gasteiger partial charge >= 0.3 is 11.9 Å². The van der Waals surface area contributed by atoms with Gasteiger partial charge in [0.2, 0.25) is 0 Å². The maximum Gasteiger partial charge on any atom is 0.331 e. The maximum absolute atomic E-state index is 11.7. The van der Waals surface area contributed by atoms with Crippen molar-refractivity contribution in [2.75, 3.05) is 5.88 Å². The summed E-state index contributed by atoms with van der Waals surface area (Å²) in [4.78, 5) is 22.3. The first-order chi connectivity index (χ1) is 10.0. The molecule has 1 rings (SSSR count). The second-order valence-electron chi connectivity index (χ2n) is 4.39. The normalized spacial score (nSPS) is 13.1. The first-order valence-electron chi connectivity index (χ1n) is 6.42. The number of benzene rings is 1. The Morgan fingerprint density at radius 1 is 1.33 bits per heavy atom. The third kappa shape index (κ3) is 6.77. The van der Waals surface area contributed by atoms with E-state index in [-0.39, 0.29) is 17.9 Å². The van der Waals surface area contributed by atoms with E-state index in [9.17, 15) is 9.59 Å². The molecule has 0 saturated carbocycles. The Hall–Kier alpha value is -2.07. The molecule has 0 saturated heterocycles. The molecule has 1 atom stereocenters. The average molecular weight is 309 g/mol. The fraction of sp³-hybridized carbons (Fsp3) is 0.250. The molecular formula is C16H17ClO4. The van der Waals surface area contributed by atoms with Gasteiger partial charge in [0, 0.05) is 18.1 Å². The lowest BCUT2D eigenvalue weighted by atomic mass is 10.2. The van der Waals surface area contributed by atoms with Crippen LogP contribution >= 0.6 is 11.6 Å². The van der Waals surface area contributed by atoms with Crippen molar-refractivity contribution in [3.05, 3.63) is 53.6 Å². The quantitative estimate of drug-likeness (QED) is 0.477. The Morgan fingerprint density at radius 3 is 2.57 bits per heavy atom.